The third-order valence-corrected chi connectivity index (χ3v) is 4.60. The van der Waals surface area contributed by atoms with Crippen molar-refractivity contribution in [3.8, 4) is 5.75 Å². The molecule has 0 N–H and O–H groups in total. The zero-order chi connectivity index (χ0) is 10.1. The van der Waals surface area contributed by atoms with Gasteiger partial charge in [0.2, 0.25) is 0 Å². The maximum Gasteiger partial charge on any atom is 0.124 e. The summed E-state index contributed by atoms with van der Waals surface area (Å²) in [5.74, 6) is 0.965. The van der Waals surface area contributed by atoms with E-state index in [1.54, 1.807) is 7.11 Å². The number of hydrogen-bond acceptors (Lipinski definition) is 2. The summed E-state index contributed by atoms with van der Waals surface area (Å²) < 4.78 is 7.97. The van der Waals surface area contributed by atoms with Crippen LogP contribution in [0.1, 0.15) is 5.56 Å². The Morgan fingerprint density at radius 3 is 2.93 bits per heavy atom. The van der Waals surface area contributed by atoms with Gasteiger partial charge in [-0.05, 0) is 46.2 Å². The van der Waals surface area contributed by atoms with E-state index in [9.17, 15) is 0 Å². The van der Waals surface area contributed by atoms with Crippen LogP contribution in [0, 0.1) is 2.88 Å². The summed E-state index contributed by atoms with van der Waals surface area (Å²) >= 11 is 7.67. The van der Waals surface area contributed by atoms with E-state index in [2.05, 4.69) is 50.7 Å². The van der Waals surface area contributed by atoms with Gasteiger partial charge in [0.1, 0.15) is 5.75 Å². The van der Waals surface area contributed by atoms with Gasteiger partial charge in [0.25, 0.3) is 0 Å². The topological polar surface area (TPSA) is 9.23 Å². The summed E-state index contributed by atoms with van der Waals surface area (Å²) in [7, 11) is 1.71. The molecule has 0 atom stereocenters. The molecule has 0 fully saturated rings. The van der Waals surface area contributed by atoms with Crippen LogP contribution >= 0.6 is 49.9 Å². The van der Waals surface area contributed by atoms with Gasteiger partial charge in [-0.3, -0.25) is 0 Å². The number of halogens is 2. The minimum absolute atomic E-state index is 0.837. The van der Waals surface area contributed by atoms with Gasteiger partial charge in [0, 0.05) is 15.6 Å². The number of benzene rings is 1. The number of alkyl halides is 1. The van der Waals surface area contributed by atoms with Crippen molar-refractivity contribution in [3.05, 3.63) is 26.6 Å². The molecular weight excluding hydrogens is 375 g/mol. The van der Waals surface area contributed by atoms with Gasteiger partial charge in [0.15, 0.2) is 0 Å². The van der Waals surface area contributed by atoms with Gasteiger partial charge in [-0.25, -0.2) is 0 Å². The average molecular weight is 383 g/mol. The molecule has 0 aliphatic rings. The van der Waals surface area contributed by atoms with Gasteiger partial charge in [-0.2, -0.15) is 0 Å². The zero-order valence-corrected chi connectivity index (χ0v) is 12.1. The Morgan fingerprint density at radius 1 is 1.50 bits per heavy atom. The fourth-order valence-electron chi connectivity index (χ4n) is 1.43. The molecule has 1 aromatic carbocycles. The van der Waals surface area contributed by atoms with Crippen LogP contribution in [0.15, 0.2) is 18.2 Å². The number of fused-ring (bicyclic) bond motifs is 1. The summed E-state index contributed by atoms with van der Waals surface area (Å²) in [4.78, 5) is 0. The molecule has 2 aromatic rings. The summed E-state index contributed by atoms with van der Waals surface area (Å²) in [5.41, 5.74) is 1.25. The van der Waals surface area contributed by atoms with Crippen molar-refractivity contribution in [1.29, 1.82) is 0 Å². The lowest BCUT2D eigenvalue weighted by atomic mass is 10.2. The van der Waals surface area contributed by atoms with Crippen LogP contribution in [0.2, 0.25) is 0 Å². The molecule has 14 heavy (non-hydrogen) atoms. The van der Waals surface area contributed by atoms with Crippen LogP contribution in [0.4, 0.5) is 0 Å². The molecule has 0 bridgehead atoms. The highest BCUT2D eigenvalue weighted by atomic mass is 127. The lowest BCUT2D eigenvalue weighted by Gasteiger charge is -2.06. The molecule has 0 saturated heterocycles. The Kier molecular flexibility index (Phi) is 3.34. The SMILES string of the molecule is COc1ccc2cc(I)sc2c1CBr. The van der Waals surface area contributed by atoms with Crippen molar-refractivity contribution in [1.82, 2.24) is 0 Å². The fourth-order valence-corrected chi connectivity index (χ4v) is 4.09. The lowest BCUT2D eigenvalue weighted by molar-refractivity contribution is 0.412. The third-order valence-electron chi connectivity index (χ3n) is 2.07. The minimum atomic E-state index is 0.837. The third kappa shape index (κ3) is 1.79. The number of ether oxygens (including phenoxy) is 1. The highest BCUT2D eigenvalue weighted by Crippen LogP contribution is 2.35. The second-order valence-corrected chi connectivity index (χ2v) is 6.36. The van der Waals surface area contributed by atoms with Crippen LogP contribution < -0.4 is 4.74 Å². The molecule has 0 saturated carbocycles. The van der Waals surface area contributed by atoms with Gasteiger partial charge < -0.3 is 4.74 Å². The van der Waals surface area contributed by atoms with E-state index in [0.717, 1.165) is 11.1 Å². The van der Waals surface area contributed by atoms with Crippen molar-refractivity contribution < 1.29 is 4.74 Å². The highest BCUT2D eigenvalue weighted by molar-refractivity contribution is 14.1. The molecule has 2 rings (SSSR count). The number of methoxy groups -OCH3 is 1. The van der Waals surface area contributed by atoms with Crippen LogP contribution in [-0.4, -0.2) is 7.11 Å². The first-order valence-corrected chi connectivity index (χ1v) is 7.09. The van der Waals surface area contributed by atoms with Crippen molar-refractivity contribution in [2.24, 2.45) is 0 Å². The van der Waals surface area contributed by atoms with Crippen molar-refractivity contribution in [2.75, 3.05) is 7.11 Å². The molecule has 0 unspecified atom stereocenters. The average Bonchev–Trinajstić information content (AvgIpc) is 2.56. The zero-order valence-electron chi connectivity index (χ0n) is 7.51. The molecule has 0 amide bonds. The van der Waals surface area contributed by atoms with Crippen molar-refractivity contribution in [3.63, 3.8) is 0 Å². The normalized spacial score (nSPS) is 10.8. The number of hydrogen-bond donors (Lipinski definition) is 0. The molecule has 0 spiro atoms. The number of rotatable bonds is 2. The molecule has 0 aliphatic heterocycles. The standard InChI is InChI=1S/C10H8BrIOS/c1-13-8-3-2-6-4-9(12)14-10(6)7(8)5-11/h2-4H,5H2,1H3. The van der Waals surface area contributed by atoms with E-state index in [1.165, 1.54) is 18.5 Å². The van der Waals surface area contributed by atoms with E-state index in [1.807, 2.05) is 17.4 Å². The molecule has 1 nitrogen and oxygen atoms in total. The van der Waals surface area contributed by atoms with Gasteiger partial charge >= 0.3 is 0 Å². The fraction of sp³-hybridized carbons (Fsp3) is 0.200. The van der Waals surface area contributed by atoms with E-state index < -0.39 is 0 Å². The minimum Gasteiger partial charge on any atom is -0.496 e. The lowest BCUT2D eigenvalue weighted by Crippen LogP contribution is -1.88. The molecule has 1 heterocycles. The van der Waals surface area contributed by atoms with Crippen LogP contribution in [0.5, 0.6) is 5.75 Å². The quantitative estimate of drug-likeness (QED) is 0.552. The van der Waals surface area contributed by atoms with Crippen LogP contribution in [0.25, 0.3) is 10.1 Å². The van der Waals surface area contributed by atoms with Gasteiger partial charge in [0.05, 0.1) is 9.99 Å². The van der Waals surface area contributed by atoms with Gasteiger partial charge in [-0.1, -0.05) is 15.9 Å². The van der Waals surface area contributed by atoms with E-state index in [4.69, 9.17) is 4.74 Å². The Morgan fingerprint density at radius 2 is 2.29 bits per heavy atom. The maximum atomic E-state index is 5.33. The monoisotopic (exact) mass is 382 g/mol. The molecule has 1 aromatic heterocycles. The summed E-state index contributed by atoms with van der Waals surface area (Å²) in [6.45, 7) is 0. The largest absolute Gasteiger partial charge is 0.496 e. The summed E-state index contributed by atoms with van der Waals surface area (Å²) in [6, 6.07) is 6.34. The predicted molar refractivity (Wildman–Crippen MR) is 73.7 cm³/mol. The van der Waals surface area contributed by atoms with E-state index in [-0.39, 0.29) is 0 Å². The summed E-state index contributed by atoms with van der Waals surface area (Å²) in [5, 5.41) is 2.14. The smallest absolute Gasteiger partial charge is 0.124 e. The second-order valence-electron chi connectivity index (χ2n) is 2.85. The molecule has 0 aliphatic carbocycles. The predicted octanol–water partition coefficient (Wildman–Crippen LogP) is 4.41. The maximum absolute atomic E-state index is 5.33. The number of thiophene rings is 1. The Labute approximate surface area is 109 Å². The summed E-state index contributed by atoms with van der Waals surface area (Å²) in [6.07, 6.45) is 0. The van der Waals surface area contributed by atoms with E-state index in [0.29, 0.717) is 0 Å². The first kappa shape index (κ1) is 10.7. The van der Waals surface area contributed by atoms with Crippen molar-refractivity contribution >= 4 is 59.9 Å². The molecule has 4 heteroatoms. The van der Waals surface area contributed by atoms with Crippen molar-refractivity contribution in [2.45, 2.75) is 5.33 Å². The first-order chi connectivity index (χ1) is 6.76. The van der Waals surface area contributed by atoms with E-state index >= 15 is 0 Å². The Hall–Kier alpha value is 0.190. The molecule has 0 radical (unpaired) electrons. The van der Waals surface area contributed by atoms with Gasteiger partial charge in [-0.15, -0.1) is 11.3 Å². The van der Waals surface area contributed by atoms with Crippen LogP contribution in [-0.2, 0) is 5.33 Å². The Balaban J connectivity index is 2.75. The molecular formula is C10H8BrIOS. The first-order valence-electron chi connectivity index (χ1n) is 4.07. The highest BCUT2D eigenvalue weighted by Gasteiger charge is 2.09. The second kappa shape index (κ2) is 4.37. The van der Waals surface area contributed by atoms with Crippen LogP contribution in [0.3, 0.4) is 0 Å². The molecule has 74 valence electrons. The Bertz CT molecular complexity index is 466.